The molecule has 0 radical (unpaired) electrons. The van der Waals surface area contributed by atoms with E-state index in [-0.39, 0.29) is 22.4 Å². The molecule has 3 aromatic carbocycles. The van der Waals surface area contributed by atoms with Gasteiger partial charge in [-0.3, -0.25) is 9.36 Å². The molecule has 0 unspecified atom stereocenters. The molecular weight excluding hydrogens is 501 g/mol. The Balaban J connectivity index is 1.57. The fourth-order valence-corrected chi connectivity index (χ4v) is 5.06. The van der Waals surface area contributed by atoms with Gasteiger partial charge in [-0.2, -0.15) is 0 Å². The van der Waals surface area contributed by atoms with Crippen LogP contribution in [-0.2, 0) is 14.8 Å². The number of hydrogen-bond donors (Lipinski definition) is 1. The molecule has 1 aromatic heterocycles. The van der Waals surface area contributed by atoms with Crippen LogP contribution in [0, 0.1) is 12.7 Å². The molecule has 1 heterocycles. The second-order valence-electron chi connectivity index (χ2n) is 8.09. The summed E-state index contributed by atoms with van der Waals surface area (Å²) in [4.78, 5) is 12.9. The number of nitrogens with one attached hydrogen (secondary N) is 1. The third kappa shape index (κ3) is 5.48. The zero-order valence-electron chi connectivity index (χ0n) is 19.8. The van der Waals surface area contributed by atoms with Crippen molar-refractivity contribution >= 4 is 33.4 Å². The topological polar surface area (TPSA) is 97.2 Å². The summed E-state index contributed by atoms with van der Waals surface area (Å²) in [5, 5.41) is 11.8. The lowest BCUT2D eigenvalue weighted by Gasteiger charge is -2.14. The van der Waals surface area contributed by atoms with E-state index < -0.39 is 10.0 Å². The highest BCUT2D eigenvalue weighted by atomic mass is 32.2. The Morgan fingerprint density at radius 2 is 1.72 bits per heavy atom. The molecule has 4 aromatic rings. The number of aryl methyl sites for hydroxylation is 1. The van der Waals surface area contributed by atoms with Crippen LogP contribution in [0.3, 0.4) is 0 Å². The minimum atomic E-state index is -3.64. The molecule has 0 saturated heterocycles. The number of halogens is 1. The zero-order chi connectivity index (χ0) is 25.9. The summed E-state index contributed by atoms with van der Waals surface area (Å²) < 4.78 is 41.4. The van der Waals surface area contributed by atoms with Crippen molar-refractivity contribution in [2.24, 2.45) is 0 Å². The van der Waals surface area contributed by atoms with Crippen LogP contribution in [0.15, 0.2) is 82.8 Å². The Morgan fingerprint density at radius 1 is 1.03 bits per heavy atom. The molecule has 0 bridgehead atoms. The Bertz CT molecular complexity index is 1490. The summed E-state index contributed by atoms with van der Waals surface area (Å²) in [6.07, 6.45) is 0. The Kier molecular flexibility index (Phi) is 7.53. The number of sulfonamides is 1. The van der Waals surface area contributed by atoms with E-state index in [1.807, 2.05) is 30.3 Å². The Labute approximate surface area is 213 Å². The fraction of sp³-hybridized carbons (Fsp3) is 0.160. The predicted molar refractivity (Wildman–Crippen MR) is 138 cm³/mol. The minimum absolute atomic E-state index is 0.00177. The van der Waals surface area contributed by atoms with Gasteiger partial charge in [0.15, 0.2) is 11.0 Å². The number of carbonyl (C=O) groups excluding carboxylic acids is 1. The van der Waals surface area contributed by atoms with E-state index in [9.17, 15) is 17.6 Å². The van der Waals surface area contributed by atoms with Gasteiger partial charge >= 0.3 is 0 Å². The first-order valence-corrected chi connectivity index (χ1v) is 13.3. The molecule has 0 spiro atoms. The highest BCUT2D eigenvalue weighted by Gasteiger charge is 2.20. The molecule has 0 fully saturated rings. The van der Waals surface area contributed by atoms with E-state index in [1.165, 1.54) is 50.1 Å². The van der Waals surface area contributed by atoms with Gasteiger partial charge < -0.3 is 5.32 Å². The van der Waals surface area contributed by atoms with Crippen LogP contribution < -0.4 is 5.32 Å². The molecule has 1 N–H and O–H groups in total. The maximum absolute atomic E-state index is 13.6. The number of thioether (sulfide) groups is 1. The summed E-state index contributed by atoms with van der Waals surface area (Å²) in [5.41, 5.74) is 2.61. The molecule has 0 saturated carbocycles. The molecule has 11 heteroatoms. The fourth-order valence-electron chi connectivity index (χ4n) is 3.38. The van der Waals surface area contributed by atoms with Gasteiger partial charge in [-0.15, -0.1) is 10.2 Å². The van der Waals surface area contributed by atoms with Crippen LogP contribution in [0.1, 0.15) is 5.56 Å². The quantitative estimate of drug-likeness (QED) is 0.343. The second-order valence-corrected chi connectivity index (χ2v) is 11.2. The molecule has 0 aliphatic heterocycles. The first kappa shape index (κ1) is 25.5. The standard InChI is InChI=1S/C25H24FN5O3S2/c1-17-9-14-21(36(33,34)30(2)3)15-22(17)27-23(32)16-35-25-29-28-24(18-7-5-4-6-8-18)31(25)20-12-10-19(26)11-13-20/h4-15H,16H2,1-3H3,(H,27,32). The van der Waals surface area contributed by atoms with Crippen LogP contribution in [0.25, 0.3) is 17.1 Å². The van der Waals surface area contributed by atoms with Gasteiger partial charge in [0.05, 0.1) is 10.6 Å². The van der Waals surface area contributed by atoms with E-state index >= 15 is 0 Å². The van der Waals surface area contributed by atoms with Crippen molar-refractivity contribution in [3.05, 3.63) is 84.2 Å². The second kappa shape index (κ2) is 10.6. The maximum atomic E-state index is 13.6. The first-order valence-electron chi connectivity index (χ1n) is 10.9. The summed E-state index contributed by atoms with van der Waals surface area (Å²) >= 11 is 1.17. The van der Waals surface area contributed by atoms with Gasteiger partial charge in [0, 0.05) is 31.0 Å². The number of nitrogens with zero attached hydrogens (tertiary/aromatic N) is 4. The Hall–Kier alpha value is -3.54. The molecule has 0 aliphatic rings. The van der Waals surface area contributed by atoms with E-state index in [1.54, 1.807) is 29.7 Å². The molecule has 4 rings (SSSR count). The molecular formula is C25H24FN5O3S2. The van der Waals surface area contributed by atoms with Crippen molar-refractivity contribution in [3.8, 4) is 17.1 Å². The van der Waals surface area contributed by atoms with Crippen LogP contribution in [0.2, 0.25) is 0 Å². The van der Waals surface area contributed by atoms with Crippen LogP contribution in [0.4, 0.5) is 10.1 Å². The average molecular weight is 526 g/mol. The zero-order valence-corrected chi connectivity index (χ0v) is 21.5. The molecule has 1 amide bonds. The third-order valence-electron chi connectivity index (χ3n) is 5.34. The van der Waals surface area contributed by atoms with Gasteiger partial charge in [-0.25, -0.2) is 17.1 Å². The average Bonchev–Trinajstić information content (AvgIpc) is 3.29. The summed E-state index contributed by atoms with van der Waals surface area (Å²) in [5.74, 6) is -0.145. The van der Waals surface area contributed by atoms with Gasteiger partial charge in [0.2, 0.25) is 15.9 Å². The van der Waals surface area contributed by atoms with E-state index in [0.717, 1.165) is 15.4 Å². The van der Waals surface area contributed by atoms with Crippen LogP contribution in [0.5, 0.6) is 0 Å². The summed E-state index contributed by atoms with van der Waals surface area (Å²) in [6, 6.07) is 20.0. The highest BCUT2D eigenvalue weighted by Crippen LogP contribution is 2.28. The van der Waals surface area contributed by atoms with E-state index in [2.05, 4.69) is 15.5 Å². The number of aromatic nitrogens is 3. The molecule has 36 heavy (non-hydrogen) atoms. The largest absolute Gasteiger partial charge is 0.325 e. The van der Waals surface area contributed by atoms with Crippen molar-refractivity contribution in [2.75, 3.05) is 25.2 Å². The van der Waals surface area contributed by atoms with Gasteiger partial charge in [0.25, 0.3) is 0 Å². The number of benzene rings is 3. The van der Waals surface area contributed by atoms with E-state index in [4.69, 9.17) is 0 Å². The lowest BCUT2D eigenvalue weighted by atomic mass is 10.2. The lowest BCUT2D eigenvalue weighted by Crippen LogP contribution is -2.22. The number of anilines is 1. The maximum Gasteiger partial charge on any atom is 0.242 e. The van der Waals surface area contributed by atoms with Crippen molar-refractivity contribution in [1.29, 1.82) is 0 Å². The van der Waals surface area contributed by atoms with Gasteiger partial charge in [0.1, 0.15) is 5.82 Å². The van der Waals surface area contributed by atoms with Crippen LogP contribution >= 0.6 is 11.8 Å². The SMILES string of the molecule is Cc1ccc(S(=O)(=O)N(C)C)cc1NC(=O)CSc1nnc(-c2ccccc2)n1-c1ccc(F)cc1. The number of hydrogen-bond acceptors (Lipinski definition) is 6. The van der Waals surface area contributed by atoms with Gasteiger partial charge in [-0.1, -0.05) is 48.2 Å². The van der Waals surface area contributed by atoms with E-state index in [0.29, 0.717) is 22.4 Å². The van der Waals surface area contributed by atoms with Crippen molar-refractivity contribution in [2.45, 2.75) is 17.0 Å². The third-order valence-corrected chi connectivity index (χ3v) is 8.08. The summed E-state index contributed by atoms with van der Waals surface area (Å²) in [6.45, 7) is 1.78. The molecule has 0 atom stereocenters. The number of rotatable bonds is 8. The van der Waals surface area contributed by atoms with Crippen molar-refractivity contribution < 1.29 is 17.6 Å². The smallest absolute Gasteiger partial charge is 0.242 e. The number of amides is 1. The normalized spacial score (nSPS) is 11.6. The monoisotopic (exact) mass is 525 g/mol. The van der Waals surface area contributed by atoms with Crippen molar-refractivity contribution in [1.82, 2.24) is 19.1 Å². The molecule has 8 nitrogen and oxygen atoms in total. The van der Waals surface area contributed by atoms with Gasteiger partial charge in [-0.05, 0) is 48.9 Å². The first-order chi connectivity index (χ1) is 17.2. The molecule has 0 aliphatic carbocycles. The predicted octanol–water partition coefficient (Wildman–Crippen LogP) is 4.36. The Morgan fingerprint density at radius 3 is 2.39 bits per heavy atom. The van der Waals surface area contributed by atoms with Crippen LogP contribution in [-0.4, -0.2) is 53.2 Å². The lowest BCUT2D eigenvalue weighted by molar-refractivity contribution is -0.113. The summed E-state index contributed by atoms with van der Waals surface area (Å²) in [7, 11) is -0.743. The minimum Gasteiger partial charge on any atom is -0.325 e. The highest BCUT2D eigenvalue weighted by molar-refractivity contribution is 7.99. The van der Waals surface area contributed by atoms with Crippen molar-refractivity contribution in [3.63, 3.8) is 0 Å². The molecule has 186 valence electrons. The number of carbonyl (C=O) groups is 1.